The average Bonchev–Trinajstić information content (AvgIpc) is 2.88. The molecule has 0 saturated carbocycles. The van der Waals surface area contributed by atoms with Crippen LogP contribution in [0, 0.1) is 0 Å². The summed E-state index contributed by atoms with van der Waals surface area (Å²) in [6.07, 6.45) is 0. The highest BCUT2D eigenvalue weighted by Crippen LogP contribution is 2.30. The van der Waals surface area contributed by atoms with Crippen molar-refractivity contribution in [1.29, 1.82) is 0 Å². The molecule has 1 fully saturated rings. The van der Waals surface area contributed by atoms with Crippen LogP contribution in [-0.4, -0.2) is 52.0 Å². The largest absolute Gasteiger partial charge is 0.495 e. The van der Waals surface area contributed by atoms with Gasteiger partial charge in [0.2, 0.25) is 10.0 Å². The van der Waals surface area contributed by atoms with Crippen LogP contribution in [0.1, 0.15) is 15.9 Å². The van der Waals surface area contributed by atoms with Crippen molar-refractivity contribution in [3.63, 3.8) is 0 Å². The van der Waals surface area contributed by atoms with Gasteiger partial charge in [0.15, 0.2) is 0 Å². The van der Waals surface area contributed by atoms with E-state index in [4.69, 9.17) is 9.47 Å². The number of amides is 1. The fourth-order valence-electron chi connectivity index (χ4n) is 3.75. The lowest BCUT2D eigenvalue weighted by molar-refractivity contribution is 0.0729. The molecule has 0 spiro atoms. The van der Waals surface area contributed by atoms with E-state index >= 15 is 0 Å². The normalized spacial score (nSPS) is 14.6. The van der Waals surface area contributed by atoms with Gasteiger partial charge in [0.05, 0.1) is 26.9 Å². The Balaban J connectivity index is 1.73. The smallest absolute Gasteiger partial charge is 0.258 e. The van der Waals surface area contributed by atoms with Crippen LogP contribution in [0.4, 0.5) is 5.69 Å². The predicted octanol–water partition coefficient (Wildman–Crippen LogP) is 3.56. The van der Waals surface area contributed by atoms with E-state index in [-0.39, 0.29) is 35.2 Å². The molecule has 0 aromatic heterocycles. The molecule has 33 heavy (non-hydrogen) atoms. The van der Waals surface area contributed by atoms with Gasteiger partial charge in [-0.15, -0.1) is 0 Å². The number of hydrogen-bond acceptors (Lipinski definition) is 5. The van der Waals surface area contributed by atoms with Gasteiger partial charge < -0.3 is 14.4 Å². The Morgan fingerprint density at radius 2 is 1.61 bits per heavy atom. The predicted molar refractivity (Wildman–Crippen MR) is 126 cm³/mol. The van der Waals surface area contributed by atoms with Crippen molar-refractivity contribution in [3.05, 3.63) is 90.0 Å². The minimum atomic E-state index is -3.85. The van der Waals surface area contributed by atoms with Gasteiger partial charge >= 0.3 is 0 Å². The molecule has 1 saturated heterocycles. The molecule has 1 aliphatic rings. The first kappa shape index (κ1) is 23.0. The fourth-order valence-corrected chi connectivity index (χ4v) is 5.34. The Labute approximate surface area is 194 Å². The summed E-state index contributed by atoms with van der Waals surface area (Å²) in [5.74, 6) is -0.0986. The maximum absolute atomic E-state index is 13.7. The summed E-state index contributed by atoms with van der Waals surface area (Å²) in [7, 11) is -2.43. The zero-order valence-corrected chi connectivity index (χ0v) is 19.2. The van der Waals surface area contributed by atoms with E-state index in [0.29, 0.717) is 19.8 Å². The zero-order chi connectivity index (χ0) is 23.3. The van der Waals surface area contributed by atoms with Gasteiger partial charge in [0, 0.05) is 24.3 Å². The molecule has 0 N–H and O–H groups in total. The topological polar surface area (TPSA) is 76.2 Å². The van der Waals surface area contributed by atoms with Gasteiger partial charge in [0.1, 0.15) is 10.6 Å². The number of sulfonamides is 1. The van der Waals surface area contributed by atoms with Crippen molar-refractivity contribution in [3.8, 4) is 5.75 Å². The Bertz CT molecular complexity index is 1190. The number of rotatable bonds is 7. The van der Waals surface area contributed by atoms with Crippen molar-refractivity contribution in [1.82, 2.24) is 4.31 Å². The molecule has 0 bridgehead atoms. The molecule has 1 amide bonds. The minimum absolute atomic E-state index is 0.0227. The molecule has 0 radical (unpaired) electrons. The van der Waals surface area contributed by atoms with Crippen LogP contribution in [0.5, 0.6) is 5.75 Å². The zero-order valence-electron chi connectivity index (χ0n) is 18.4. The van der Waals surface area contributed by atoms with E-state index in [9.17, 15) is 13.2 Å². The second-order valence-electron chi connectivity index (χ2n) is 7.59. The third-order valence-electron chi connectivity index (χ3n) is 5.49. The van der Waals surface area contributed by atoms with E-state index in [1.807, 2.05) is 60.7 Å². The number of carbonyl (C=O) groups is 1. The van der Waals surface area contributed by atoms with Crippen molar-refractivity contribution in [2.75, 3.05) is 38.3 Å². The van der Waals surface area contributed by atoms with E-state index in [1.165, 1.54) is 23.5 Å². The van der Waals surface area contributed by atoms with Gasteiger partial charge in [0.25, 0.3) is 5.91 Å². The highest BCUT2D eigenvalue weighted by molar-refractivity contribution is 7.89. The van der Waals surface area contributed by atoms with Gasteiger partial charge in [-0.3, -0.25) is 4.79 Å². The summed E-state index contributed by atoms with van der Waals surface area (Å²) >= 11 is 0. The summed E-state index contributed by atoms with van der Waals surface area (Å²) < 4.78 is 38.7. The first-order valence-electron chi connectivity index (χ1n) is 10.7. The first-order valence-corrected chi connectivity index (χ1v) is 12.1. The van der Waals surface area contributed by atoms with Crippen LogP contribution in [0.3, 0.4) is 0 Å². The average molecular weight is 467 g/mol. The highest BCUT2D eigenvalue weighted by atomic mass is 32.2. The van der Waals surface area contributed by atoms with E-state index in [0.717, 1.165) is 11.3 Å². The summed E-state index contributed by atoms with van der Waals surface area (Å²) in [4.78, 5) is 15.3. The fraction of sp³-hybridized carbons (Fsp3) is 0.240. The Morgan fingerprint density at radius 3 is 2.24 bits per heavy atom. The number of ether oxygens (including phenoxy) is 2. The molecule has 0 unspecified atom stereocenters. The number of carbonyl (C=O) groups excluding carboxylic acids is 1. The van der Waals surface area contributed by atoms with Crippen LogP contribution in [0.15, 0.2) is 83.8 Å². The van der Waals surface area contributed by atoms with Gasteiger partial charge in [-0.05, 0) is 35.9 Å². The second kappa shape index (κ2) is 10.2. The van der Waals surface area contributed by atoms with Crippen LogP contribution < -0.4 is 9.64 Å². The Hall–Kier alpha value is -3.20. The van der Waals surface area contributed by atoms with Crippen molar-refractivity contribution < 1.29 is 22.7 Å². The molecule has 3 aromatic carbocycles. The van der Waals surface area contributed by atoms with Crippen LogP contribution in [-0.2, 0) is 21.3 Å². The van der Waals surface area contributed by atoms with E-state index < -0.39 is 10.0 Å². The Kier molecular flexibility index (Phi) is 7.08. The number of para-hydroxylation sites is 1. The highest BCUT2D eigenvalue weighted by Gasteiger charge is 2.31. The van der Waals surface area contributed by atoms with Gasteiger partial charge in [-0.1, -0.05) is 48.5 Å². The molecular formula is C25H26N2O5S. The summed E-state index contributed by atoms with van der Waals surface area (Å²) in [6, 6.07) is 23.5. The van der Waals surface area contributed by atoms with Crippen molar-refractivity contribution >= 4 is 21.6 Å². The van der Waals surface area contributed by atoms with Gasteiger partial charge in [-0.2, -0.15) is 4.31 Å². The van der Waals surface area contributed by atoms with E-state index in [1.54, 1.807) is 11.0 Å². The lowest BCUT2D eigenvalue weighted by atomic mass is 10.1. The number of nitrogens with zero attached hydrogens (tertiary/aromatic N) is 2. The Morgan fingerprint density at radius 1 is 0.970 bits per heavy atom. The molecule has 172 valence electrons. The van der Waals surface area contributed by atoms with E-state index in [2.05, 4.69) is 0 Å². The molecule has 0 atom stereocenters. The second-order valence-corrected chi connectivity index (χ2v) is 9.50. The summed E-state index contributed by atoms with van der Waals surface area (Å²) in [5.41, 5.74) is 1.95. The number of methoxy groups -OCH3 is 1. The summed E-state index contributed by atoms with van der Waals surface area (Å²) in [5, 5.41) is 0. The maximum atomic E-state index is 13.7. The molecule has 0 aliphatic carbocycles. The molecule has 3 aromatic rings. The molecule has 8 heteroatoms. The van der Waals surface area contributed by atoms with Gasteiger partial charge in [-0.25, -0.2) is 8.42 Å². The van der Waals surface area contributed by atoms with Crippen molar-refractivity contribution in [2.24, 2.45) is 0 Å². The molecule has 1 aliphatic heterocycles. The quantitative estimate of drug-likeness (QED) is 0.532. The lowest BCUT2D eigenvalue weighted by Gasteiger charge is -2.27. The SMILES string of the molecule is COc1ccc(C(=O)N(Cc2ccccc2)c2ccccc2)cc1S(=O)(=O)N1CCOCC1. The number of morpholine rings is 1. The number of benzene rings is 3. The molecule has 4 rings (SSSR count). The molecular weight excluding hydrogens is 440 g/mol. The third-order valence-corrected chi connectivity index (χ3v) is 7.41. The first-order chi connectivity index (χ1) is 16.0. The number of anilines is 1. The monoisotopic (exact) mass is 466 g/mol. The minimum Gasteiger partial charge on any atom is -0.495 e. The van der Waals surface area contributed by atoms with Crippen LogP contribution >= 0.6 is 0 Å². The third kappa shape index (κ3) is 5.08. The molecule has 7 nitrogen and oxygen atoms in total. The van der Waals surface area contributed by atoms with Crippen LogP contribution in [0.25, 0.3) is 0 Å². The van der Waals surface area contributed by atoms with Crippen molar-refractivity contribution in [2.45, 2.75) is 11.4 Å². The van der Waals surface area contributed by atoms with Crippen LogP contribution in [0.2, 0.25) is 0 Å². The summed E-state index contributed by atoms with van der Waals surface area (Å²) in [6.45, 7) is 1.53. The maximum Gasteiger partial charge on any atom is 0.258 e. The lowest BCUT2D eigenvalue weighted by Crippen LogP contribution is -2.40. The number of hydrogen-bond donors (Lipinski definition) is 0. The standard InChI is InChI=1S/C25H26N2O5S/c1-31-23-13-12-21(18-24(23)33(29,30)26-14-16-32-17-15-26)25(28)27(22-10-6-3-7-11-22)19-20-8-4-2-5-9-20/h2-13,18H,14-17,19H2,1H3. The molecule has 1 heterocycles.